The van der Waals surface area contributed by atoms with Gasteiger partial charge in [0.2, 0.25) is 11.8 Å². The number of ether oxygens (including phenoxy) is 1. The third-order valence-corrected chi connectivity index (χ3v) is 8.31. The summed E-state index contributed by atoms with van der Waals surface area (Å²) in [5.74, 6) is -1.22. The van der Waals surface area contributed by atoms with Gasteiger partial charge >= 0.3 is 5.97 Å². The second kappa shape index (κ2) is 12.6. The van der Waals surface area contributed by atoms with Gasteiger partial charge in [0.05, 0.1) is 5.25 Å². The Bertz CT molecular complexity index is 936. The van der Waals surface area contributed by atoms with E-state index in [1.807, 2.05) is 13.8 Å². The molecule has 2 aliphatic carbocycles. The second-order valence-electron chi connectivity index (χ2n) is 10.3. The Balaban J connectivity index is 1.78. The number of hydrogen-bond donors (Lipinski definition) is 3. The molecular formula is C27H38N2O6S. The Morgan fingerprint density at radius 2 is 1.67 bits per heavy atom. The Morgan fingerprint density at radius 3 is 2.22 bits per heavy atom. The molecule has 3 N–H and O–H groups in total. The third kappa shape index (κ3) is 7.48. The van der Waals surface area contributed by atoms with Crippen LogP contribution < -0.4 is 10.6 Å². The zero-order valence-electron chi connectivity index (χ0n) is 21.4. The van der Waals surface area contributed by atoms with Gasteiger partial charge in [0.25, 0.3) is 0 Å². The molecular weight excluding hydrogens is 480 g/mol. The van der Waals surface area contributed by atoms with Gasteiger partial charge in [-0.15, -0.1) is 0 Å². The normalized spacial score (nSPS) is 19.0. The van der Waals surface area contributed by atoms with Gasteiger partial charge < -0.3 is 20.5 Å². The number of phenolic OH excluding ortho intramolecular Hbond substituents is 1. The number of rotatable bonds is 10. The van der Waals surface area contributed by atoms with E-state index in [1.54, 1.807) is 12.1 Å². The van der Waals surface area contributed by atoms with Crippen molar-refractivity contribution in [1.29, 1.82) is 0 Å². The predicted molar refractivity (Wildman–Crippen MR) is 138 cm³/mol. The molecule has 2 fully saturated rings. The summed E-state index contributed by atoms with van der Waals surface area (Å²) in [7, 11) is 0. The number of thioether (sulfide) groups is 1. The van der Waals surface area contributed by atoms with Crippen molar-refractivity contribution in [1.82, 2.24) is 10.6 Å². The molecule has 0 aliphatic heterocycles. The van der Waals surface area contributed by atoms with Gasteiger partial charge in [-0.3, -0.25) is 14.4 Å². The van der Waals surface area contributed by atoms with Crippen LogP contribution in [0.5, 0.6) is 5.75 Å². The van der Waals surface area contributed by atoms with E-state index >= 15 is 0 Å². The number of carbonyl (C=O) groups excluding carboxylic acids is 4. The van der Waals surface area contributed by atoms with E-state index in [2.05, 4.69) is 10.6 Å². The third-order valence-electron chi connectivity index (χ3n) is 6.96. The molecule has 0 bridgehead atoms. The van der Waals surface area contributed by atoms with E-state index in [0.717, 1.165) is 55.9 Å². The maximum absolute atomic E-state index is 13.7. The maximum Gasteiger partial charge on any atom is 0.329 e. The molecule has 0 heterocycles. The van der Waals surface area contributed by atoms with Crippen molar-refractivity contribution >= 4 is 34.7 Å². The second-order valence-corrected chi connectivity index (χ2v) is 11.6. The highest BCUT2D eigenvalue weighted by atomic mass is 32.2. The molecule has 3 rings (SSSR count). The standard InChI is InChI=1S/C27H38N2O6S/c1-17(2)23(36-18(3)30)24(32)29-27(14-6-7-15-27)26(34)28-22(16-19-10-12-20(31)13-11-19)25(33)35-21-8-4-5-9-21/h10-13,17,21-23,31H,4-9,14-16H2,1-3H3,(H,28,34)(H,29,32)/t22-,23+/m0/s1. The fourth-order valence-electron chi connectivity index (χ4n) is 4.98. The quantitative estimate of drug-likeness (QED) is 0.404. The summed E-state index contributed by atoms with van der Waals surface area (Å²) >= 11 is 0.972. The first-order valence-electron chi connectivity index (χ1n) is 12.9. The Labute approximate surface area is 217 Å². The lowest BCUT2D eigenvalue weighted by Crippen LogP contribution is -2.61. The van der Waals surface area contributed by atoms with Gasteiger partial charge in [0.15, 0.2) is 5.12 Å². The van der Waals surface area contributed by atoms with Crippen molar-refractivity contribution in [2.24, 2.45) is 5.92 Å². The number of carbonyl (C=O) groups is 4. The van der Waals surface area contributed by atoms with Gasteiger partial charge in [0.1, 0.15) is 23.4 Å². The predicted octanol–water partition coefficient (Wildman–Crippen LogP) is 3.64. The number of amides is 2. The molecule has 1 aromatic rings. The van der Waals surface area contributed by atoms with Crippen molar-refractivity contribution in [3.63, 3.8) is 0 Å². The smallest absolute Gasteiger partial charge is 0.329 e. The first-order valence-corrected chi connectivity index (χ1v) is 13.8. The average Bonchev–Trinajstić information content (AvgIpc) is 3.51. The number of aromatic hydroxyl groups is 1. The van der Waals surface area contributed by atoms with Crippen molar-refractivity contribution in [2.75, 3.05) is 0 Å². The molecule has 0 aromatic heterocycles. The Hall–Kier alpha value is -2.55. The molecule has 2 atom stereocenters. The van der Waals surface area contributed by atoms with E-state index in [9.17, 15) is 24.3 Å². The van der Waals surface area contributed by atoms with Crippen LogP contribution in [0.4, 0.5) is 0 Å². The van der Waals surface area contributed by atoms with Gasteiger partial charge in [-0.1, -0.05) is 50.6 Å². The maximum atomic E-state index is 13.7. The molecule has 1 aromatic carbocycles. The first-order chi connectivity index (χ1) is 17.1. The number of phenols is 1. The zero-order valence-corrected chi connectivity index (χ0v) is 22.2. The van der Waals surface area contributed by atoms with Crippen LogP contribution in [0.15, 0.2) is 24.3 Å². The molecule has 9 heteroatoms. The highest BCUT2D eigenvalue weighted by Crippen LogP contribution is 2.32. The van der Waals surface area contributed by atoms with E-state index in [1.165, 1.54) is 19.1 Å². The van der Waals surface area contributed by atoms with Gasteiger partial charge in [-0.25, -0.2) is 4.79 Å². The summed E-state index contributed by atoms with van der Waals surface area (Å²) in [4.78, 5) is 51.7. The van der Waals surface area contributed by atoms with E-state index in [4.69, 9.17) is 4.74 Å². The number of hydrogen-bond acceptors (Lipinski definition) is 7. The SMILES string of the molecule is CC(=O)S[C@@H](C(=O)NC1(C(=O)N[C@@H](Cc2ccc(O)cc2)C(=O)OC2CCCC2)CCCC1)C(C)C. The molecule has 0 radical (unpaired) electrons. The van der Waals surface area contributed by atoms with Crippen molar-refractivity contribution in [2.45, 2.75) is 101 Å². The van der Waals surface area contributed by atoms with Crippen LogP contribution in [0.3, 0.4) is 0 Å². The Morgan fingerprint density at radius 1 is 1.06 bits per heavy atom. The van der Waals surface area contributed by atoms with Crippen molar-refractivity contribution < 1.29 is 29.0 Å². The van der Waals surface area contributed by atoms with Crippen LogP contribution in [-0.4, -0.2) is 50.9 Å². The Kier molecular flexibility index (Phi) is 9.82. The minimum atomic E-state index is -1.14. The van der Waals surface area contributed by atoms with Crippen LogP contribution >= 0.6 is 11.8 Å². The van der Waals surface area contributed by atoms with Crippen LogP contribution in [0.25, 0.3) is 0 Å². The topological polar surface area (TPSA) is 122 Å². The molecule has 2 aliphatic rings. The van der Waals surface area contributed by atoms with Crippen molar-refractivity contribution in [3.8, 4) is 5.75 Å². The lowest BCUT2D eigenvalue weighted by atomic mass is 9.94. The number of esters is 1. The summed E-state index contributed by atoms with van der Waals surface area (Å²) < 4.78 is 5.73. The average molecular weight is 519 g/mol. The minimum absolute atomic E-state index is 0.0935. The van der Waals surface area contributed by atoms with Crippen molar-refractivity contribution in [3.05, 3.63) is 29.8 Å². The van der Waals surface area contributed by atoms with Crippen LogP contribution in [0, 0.1) is 5.92 Å². The minimum Gasteiger partial charge on any atom is -0.508 e. The molecule has 0 spiro atoms. The molecule has 0 unspecified atom stereocenters. The van der Waals surface area contributed by atoms with Gasteiger partial charge in [-0.2, -0.15) is 0 Å². The lowest BCUT2D eigenvalue weighted by Gasteiger charge is -2.33. The summed E-state index contributed by atoms with van der Waals surface area (Å²) in [6.45, 7) is 5.16. The van der Waals surface area contributed by atoms with E-state index < -0.39 is 28.7 Å². The molecule has 2 saturated carbocycles. The molecule has 36 heavy (non-hydrogen) atoms. The molecule has 0 saturated heterocycles. The monoisotopic (exact) mass is 518 g/mol. The van der Waals surface area contributed by atoms with Crippen LogP contribution in [0.1, 0.15) is 77.7 Å². The summed E-state index contributed by atoms with van der Waals surface area (Å²) in [5.41, 5.74) is -0.369. The molecule has 2 amide bonds. The lowest BCUT2D eigenvalue weighted by molar-refractivity contribution is -0.153. The van der Waals surface area contributed by atoms with E-state index in [-0.39, 0.29) is 35.2 Å². The highest BCUT2D eigenvalue weighted by molar-refractivity contribution is 8.14. The van der Waals surface area contributed by atoms with Gasteiger partial charge in [0, 0.05) is 13.3 Å². The zero-order chi connectivity index (χ0) is 26.3. The molecule has 198 valence electrons. The largest absolute Gasteiger partial charge is 0.508 e. The summed E-state index contributed by atoms with van der Waals surface area (Å²) in [6, 6.07) is 5.55. The highest BCUT2D eigenvalue weighted by Gasteiger charge is 2.45. The van der Waals surface area contributed by atoms with E-state index in [0.29, 0.717) is 12.8 Å². The van der Waals surface area contributed by atoms with Crippen LogP contribution in [0.2, 0.25) is 0 Å². The summed E-state index contributed by atoms with van der Waals surface area (Å²) in [6.07, 6.45) is 6.18. The fraction of sp³-hybridized carbons (Fsp3) is 0.630. The van der Waals surface area contributed by atoms with Crippen LogP contribution in [-0.2, 0) is 30.3 Å². The first kappa shape index (κ1) is 28.0. The molecule has 8 nitrogen and oxygen atoms in total. The van der Waals surface area contributed by atoms with Gasteiger partial charge in [-0.05, 0) is 62.1 Å². The number of nitrogens with one attached hydrogen (secondary N) is 2. The summed E-state index contributed by atoms with van der Waals surface area (Å²) in [5, 5.41) is 14.7. The fourth-order valence-corrected chi connectivity index (χ4v) is 5.77. The number of benzene rings is 1.